The molecule has 0 bridgehead atoms. The van der Waals surface area contributed by atoms with Crippen LogP contribution in [0, 0.1) is 0 Å². The van der Waals surface area contributed by atoms with Crippen molar-refractivity contribution in [3.05, 3.63) is 106 Å². The highest BCUT2D eigenvalue weighted by atomic mass is 35.5. The van der Waals surface area contributed by atoms with E-state index in [0.717, 1.165) is 0 Å². The Morgan fingerprint density at radius 2 is 1.52 bits per heavy atom. The number of rotatable bonds is 6. The van der Waals surface area contributed by atoms with Crippen molar-refractivity contribution < 1.29 is 13.2 Å². The Kier molecular flexibility index (Phi) is 5.63. The lowest BCUT2D eigenvalue weighted by atomic mass is 10.0. The number of nitrogens with two attached hydrogens (primary N) is 1. The van der Waals surface area contributed by atoms with Crippen molar-refractivity contribution in [2.45, 2.75) is 11.0 Å². The van der Waals surface area contributed by atoms with Gasteiger partial charge in [0.15, 0.2) is 9.84 Å². The highest BCUT2D eigenvalue weighted by molar-refractivity contribution is 7.91. The first-order valence-electron chi connectivity index (χ1n) is 8.27. The first-order valence-corrected chi connectivity index (χ1v) is 10.4. The maximum Gasteiger partial charge on any atom is 0.248 e. The summed E-state index contributed by atoms with van der Waals surface area (Å²) in [6.45, 7) is 0. The van der Waals surface area contributed by atoms with Gasteiger partial charge in [-0.25, -0.2) is 8.42 Å². The molecule has 3 rings (SSSR count). The second-order valence-corrected chi connectivity index (χ2v) is 8.74. The highest BCUT2D eigenvalue weighted by Crippen LogP contribution is 2.33. The van der Waals surface area contributed by atoms with E-state index in [1.54, 1.807) is 54.6 Å². The summed E-state index contributed by atoms with van der Waals surface area (Å²) in [6.07, 6.45) is 0. The molecular formula is C21H18ClNO3S. The number of sulfone groups is 1. The van der Waals surface area contributed by atoms with Gasteiger partial charge in [-0.3, -0.25) is 4.79 Å². The Morgan fingerprint density at radius 1 is 0.889 bits per heavy atom. The molecule has 0 aliphatic rings. The van der Waals surface area contributed by atoms with Crippen molar-refractivity contribution in [1.29, 1.82) is 0 Å². The van der Waals surface area contributed by atoms with E-state index in [0.29, 0.717) is 21.7 Å². The van der Waals surface area contributed by atoms with Crippen LogP contribution in [0.3, 0.4) is 0 Å². The minimum absolute atomic E-state index is 0.212. The van der Waals surface area contributed by atoms with Gasteiger partial charge >= 0.3 is 0 Å². The standard InChI is InChI=1S/C21H18ClNO3S/c22-19-11-9-17(10-12-19)20(16-6-2-1-3-7-16)27(25,26)14-15-5-4-8-18(13-15)21(23)24/h1-13,20H,14H2,(H2,23,24)/t20-/m0/s1. The van der Waals surface area contributed by atoms with E-state index in [9.17, 15) is 13.2 Å². The Balaban J connectivity index is 2.04. The van der Waals surface area contributed by atoms with Crippen LogP contribution in [-0.4, -0.2) is 14.3 Å². The van der Waals surface area contributed by atoms with Gasteiger partial charge in [-0.2, -0.15) is 0 Å². The lowest BCUT2D eigenvalue weighted by molar-refractivity contribution is 0.1000. The molecule has 0 heterocycles. The van der Waals surface area contributed by atoms with Crippen LogP contribution in [-0.2, 0) is 15.6 Å². The van der Waals surface area contributed by atoms with Crippen LogP contribution in [0.1, 0.15) is 32.3 Å². The summed E-state index contributed by atoms with van der Waals surface area (Å²) in [5.41, 5.74) is 7.41. The topological polar surface area (TPSA) is 77.2 Å². The van der Waals surface area contributed by atoms with Gasteiger partial charge in [0, 0.05) is 10.6 Å². The third kappa shape index (κ3) is 4.56. The van der Waals surface area contributed by atoms with Gasteiger partial charge in [-0.15, -0.1) is 0 Å². The summed E-state index contributed by atoms with van der Waals surface area (Å²) in [4.78, 5) is 11.4. The normalized spacial score (nSPS) is 12.5. The number of primary amides is 1. The molecule has 1 atom stereocenters. The number of hydrogen-bond donors (Lipinski definition) is 1. The Hall–Kier alpha value is -2.63. The maximum atomic E-state index is 13.3. The fraction of sp³-hybridized carbons (Fsp3) is 0.0952. The van der Waals surface area contributed by atoms with E-state index in [4.69, 9.17) is 17.3 Å². The lowest BCUT2D eigenvalue weighted by Crippen LogP contribution is -2.17. The molecule has 0 saturated carbocycles. The monoisotopic (exact) mass is 399 g/mol. The van der Waals surface area contributed by atoms with Crippen LogP contribution in [0.25, 0.3) is 0 Å². The Bertz CT molecular complexity index is 1050. The third-order valence-corrected chi connectivity index (χ3v) is 6.46. The summed E-state index contributed by atoms with van der Waals surface area (Å²) in [5.74, 6) is -0.803. The molecule has 0 unspecified atom stereocenters. The van der Waals surface area contributed by atoms with Crippen molar-refractivity contribution in [3.63, 3.8) is 0 Å². The van der Waals surface area contributed by atoms with E-state index < -0.39 is 21.0 Å². The summed E-state index contributed by atoms with van der Waals surface area (Å²) in [6, 6.07) is 22.2. The number of amides is 1. The quantitative estimate of drug-likeness (QED) is 0.676. The molecule has 1 amide bonds. The minimum Gasteiger partial charge on any atom is -0.366 e. The van der Waals surface area contributed by atoms with Crippen molar-refractivity contribution >= 4 is 27.3 Å². The predicted molar refractivity (Wildman–Crippen MR) is 107 cm³/mol. The zero-order valence-electron chi connectivity index (χ0n) is 14.4. The van der Waals surface area contributed by atoms with Gasteiger partial charge < -0.3 is 5.73 Å². The molecule has 3 aromatic rings. The van der Waals surface area contributed by atoms with Gasteiger partial charge in [0.25, 0.3) is 0 Å². The largest absolute Gasteiger partial charge is 0.366 e. The number of carbonyl (C=O) groups is 1. The highest BCUT2D eigenvalue weighted by Gasteiger charge is 2.29. The van der Waals surface area contributed by atoms with Crippen LogP contribution in [0.4, 0.5) is 0 Å². The number of halogens is 1. The van der Waals surface area contributed by atoms with Crippen molar-refractivity contribution in [1.82, 2.24) is 0 Å². The Morgan fingerprint density at radius 3 is 2.15 bits per heavy atom. The SMILES string of the molecule is NC(=O)c1cccc(CS(=O)(=O)[C@@H](c2ccccc2)c2ccc(Cl)cc2)c1. The van der Waals surface area contributed by atoms with Crippen molar-refractivity contribution in [3.8, 4) is 0 Å². The van der Waals surface area contributed by atoms with E-state index in [1.165, 1.54) is 6.07 Å². The second kappa shape index (κ2) is 7.94. The molecule has 0 saturated heterocycles. The van der Waals surface area contributed by atoms with Gasteiger partial charge in [0.2, 0.25) is 5.91 Å². The average Bonchev–Trinajstić information content (AvgIpc) is 2.64. The van der Waals surface area contributed by atoms with E-state index in [2.05, 4.69) is 0 Å². The zero-order chi connectivity index (χ0) is 19.4. The molecule has 0 aromatic heterocycles. The molecule has 2 N–H and O–H groups in total. The lowest BCUT2D eigenvalue weighted by Gasteiger charge is -2.19. The number of carbonyl (C=O) groups excluding carboxylic acids is 1. The summed E-state index contributed by atoms with van der Waals surface area (Å²) < 4.78 is 26.6. The van der Waals surface area contributed by atoms with E-state index >= 15 is 0 Å². The number of hydrogen-bond acceptors (Lipinski definition) is 3. The summed E-state index contributed by atoms with van der Waals surface area (Å²) in [7, 11) is -3.63. The minimum atomic E-state index is -3.63. The number of benzene rings is 3. The fourth-order valence-electron chi connectivity index (χ4n) is 3.00. The molecule has 4 nitrogen and oxygen atoms in total. The smallest absolute Gasteiger partial charge is 0.248 e. The molecule has 138 valence electrons. The molecule has 3 aromatic carbocycles. The van der Waals surface area contributed by atoms with Crippen molar-refractivity contribution in [2.24, 2.45) is 5.73 Å². The van der Waals surface area contributed by atoms with Crippen LogP contribution in [0.15, 0.2) is 78.9 Å². The van der Waals surface area contributed by atoms with Gasteiger partial charge in [0.1, 0.15) is 5.25 Å². The zero-order valence-corrected chi connectivity index (χ0v) is 16.0. The Labute approximate surface area is 163 Å². The molecule has 0 aliphatic carbocycles. The molecular weight excluding hydrogens is 382 g/mol. The molecule has 0 fully saturated rings. The van der Waals surface area contributed by atoms with E-state index in [1.807, 2.05) is 18.2 Å². The summed E-state index contributed by atoms with van der Waals surface area (Å²) >= 11 is 5.96. The van der Waals surface area contributed by atoms with Crippen LogP contribution >= 0.6 is 11.6 Å². The maximum absolute atomic E-state index is 13.3. The first-order chi connectivity index (χ1) is 12.9. The summed E-state index contributed by atoms with van der Waals surface area (Å²) in [5, 5.41) is -0.301. The first kappa shape index (κ1) is 19.1. The molecule has 0 aliphatic heterocycles. The third-order valence-electron chi connectivity index (χ3n) is 4.21. The van der Waals surface area contributed by atoms with Crippen LogP contribution < -0.4 is 5.73 Å². The molecule has 0 spiro atoms. The molecule has 6 heteroatoms. The van der Waals surface area contributed by atoms with Gasteiger partial charge in [-0.1, -0.05) is 66.2 Å². The van der Waals surface area contributed by atoms with Gasteiger partial charge in [0.05, 0.1) is 5.75 Å². The predicted octanol–water partition coefficient (Wildman–Crippen LogP) is 4.14. The van der Waals surface area contributed by atoms with E-state index in [-0.39, 0.29) is 11.3 Å². The average molecular weight is 400 g/mol. The fourth-order valence-corrected chi connectivity index (χ4v) is 5.08. The van der Waals surface area contributed by atoms with Crippen LogP contribution in [0.2, 0.25) is 5.02 Å². The molecule has 27 heavy (non-hydrogen) atoms. The van der Waals surface area contributed by atoms with Crippen molar-refractivity contribution in [2.75, 3.05) is 0 Å². The molecule has 0 radical (unpaired) electrons. The van der Waals surface area contributed by atoms with Gasteiger partial charge in [-0.05, 0) is 41.0 Å². The van der Waals surface area contributed by atoms with Crippen LogP contribution in [0.5, 0.6) is 0 Å². The second-order valence-electron chi connectivity index (χ2n) is 6.21.